The van der Waals surface area contributed by atoms with Gasteiger partial charge in [0.25, 0.3) is 0 Å². The molecule has 1 aromatic heterocycles. The van der Waals surface area contributed by atoms with E-state index in [1.54, 1.807) is 19.2 Å². The number of hydrogen-bond donors (Lipinski definition) is 0. The monoisotopic (exact) mass is 329 g/mol. The number of ketones is 1. The molecule has 0 unspecified atom stereocenters. The lowest BCUT2D eigenvalue weighted by Crippen LogP contribution is -2.07. The molecule has 0 spiro atoms. The lowest BCUT2D eigenvalue weighted by Gasteiger charge is -2.08. The van der Waals surface area contributed by atoms with Crippen molar-refractivity contribution < 1.29 is 9.53 Å². The number of aromatic nitrogens is 3. The van der Waals surface area contributed by atoms with Gasteiger partial charge in [0.15, 0.2) is 10.9 Å². The Morgan fingerprint density at radius 2 is 2.22 bits per heavy atom. The summed E-state index contributed by atoms with van der Waals surface area (Å²) in [5.74, 6) is 2.46. The van der Waals surface area contributed by atoms with Gasteiger partial charge in [0.1, 0.15) is 11.6 Å². The lowest BCUT2D eigenvalue weighted by atomic mass is 10.1. The fourth-order valence-corrected chi connectivity index (χ4v) is 3.27. The van der Waals surface area contributed by atoms with Gasteiger partial charge in [-0.15, -0.1) is 16.8 Å². The molecule has 0 atom stereocenters. The van der Waals surface area contributed by atoms with Crippen molar-refractivity contribution in [1.82, 2.24) is 14.8 Å². The molecular formula is C17H19N3O2S. The molecule has 6 heteroatoms. The molecule has 1 aliphatic carbocycles. The maximum Gasteiger partial charge on any atom is 0.191 e. The van der Waals surface area contributed by atoms with Gasteiger partial charge in [-0.2, -0.15) is 0 Å². The van der Waals surface area contributed by atoms with E-state index in [0.29, 0.717) is 29.5 Å². The van der Waals surface area contributed by atoms with Gasteiger partial charge in [0.2, 0.25) is 0 Å². The average Bonchev–Trinajstić information content (AvgIpc) is 3.35. The maximum atomic E-state index is 12.4. The maximum absolute atomic E-state index is 12.4. The molecule has 3 rings (SSSR count). The molecule has 0 radical (unpaired) electrons. The number of carbonyl (C=O) groups excluding carboxylic acids is 1. The van der Waals surface area contributed by atoms with Crippen LogP contribution in [-0.2, 0) is 6.54 Å². The highest BCUT2D eigenvalue weighted by Gasteiger charge is 2.30. The summed E-state index contributed by atoms with van der Waals surface area (Å²) in [5, 5.41) is 9.31. The minimum absolute atomic E-state index is 0.0218. The van der Waals surface area contributed by atoms with Crippen molar-refractivity contribution >= 4 is 17.5 Å². The van der Waals surface area contributed by atoms with E-state index >= 15 is 0 Å². The normalized spacial score (nSPS) is 13.8. The van der Waals surface area contributed by atoms with Gasteiger partial charge in [-0.25, -0.2) is 0 Å². The van der Waals surface area contributed by atoms with Crippen molar-refractivity contribution in [3.63, 3.8) is 0 Å². The van der Waals surface area contributed by atoms with Crippen LogP contribution in [0.25, 0.3) is 0 Å². The molecule has 2 aromatic rings. The molecule has 0 aliphatic heterocycles. The van der Waals surface area contributed by atoms with Crippen molar-refractivity contribution in [2.45, 2.75) is 30.5 Å². The Balaban J connectivity index is 1.73. The number of ether oxygens (including phenoxy) is 1. The van der Waals surface area contributed by atoms with Crippen LogP contribution in [0.3, 0.4) is 0 Å². The molecule has 0 N–H and O–H groups in total. The fourth-order valence-electron chi connectivity index (χ4n) is 2.43. The summed E-state index contributed by atoms with van der Waals surface area (Å²) in [6.07, 6.45) is 4.17. The number of rotatable bonds is 8. The molecule has 120 valence electrons. The summed E-state index contributed by atoms with van der Waals surface area (Å²) in [6.45, 7) is 4.46. The van der Waals surface area contributed by atoms with Gasteiger partial charge in [0.05, 0.1) is 18.4 Å². The lowest BCUT2D eigenvalue weighted by molar-refractivity contribution is 0.101. The largest absolute Gasteiger partial charge is 0.496 e. The molecule has 1 aliphatic rings. The predicted molar refractivity (Wildman–Crippen MR) is 90.2 cm³/mol. The van der Waals surface area contributed by atoms with E-state index in [-0.39, 0.29) is 5.78 Å². The van der Waals surface area contributed by atoms with Crippen molar-refractivity contribution in [2.24, 2.45) is 0 Å². The topological polar surface area (TPSA) is 57.0 Å². The van der Waals surface area contributed by atoms with Crippen molar-refractivity contribution in [3.05, 3.63) is 48.3 Å². The van der Waals surface area contributed by atoms with Crippen molar-refractivity contribution in [1.29, 1.82) is 0 Å². The fraction of sp³-hybridized carbons (Fsp3) is 0.353. The van der Waals surface area contributed by atoms with E-state index in [4.69, 9.17) is 4.74 Å². The van der Waals surface area contributed by atoms with Crippen LogP contribution in [0.4, 0.5) is 0 Å². The van der Waals surface area contributed by atoms with E-state index in [2.05, 4.69) is 21.3 Å². The highest BCUT2D eigenvalue weighted by Crippen LogP contribution is 2.40. The van der Waals surface area contributed by atoms with E-state index in [1.165, 1.54) is 24.6 Å². The minimum Gasteiger partial charge on any atom is -0.496 e. The van der Waals surface area contributed by atoms with Crippen LogP contribution in [-0.4, -0.2) is 33.4 Å². The van der Waals surface area contributed by atoms with Gasteiger partial charge in [-0.1, -0.05) is 30.0 Å². The Hall–Kier alpha value is -2.08. The third kappa shape index (κ3) is 3.47. The Bertz CT molecular complexity index is 722. The van der Waals surface area contributed by atoms with Crippen LogP contribution in [0.15, 0.2) is 42.1 Å². The molecule has 23 heavy (non-hydrogen) atoms. The number of methoxy groups -OCH3 is 1. The first-order valence-electron chi connectivity index (χ1n) is 7.57. The molecule has 1 fully saturated rings. The zero-order valence-electron chi connectivity index (χ0n) is 13.1. The van der Waals surface area contributed by atoms with E-state index < -0.39 is 0 Å². The number of Topliss-reactive ketones (excluding diaryl/α,β-unsaturated/α-hetero) is 1. The quantitative estimate of drug-likeness (QED) is 0.422. The summed E-state index contributed by atoms with van der Waals surface area (Å²) in [6, 6.07) is 7.27. The summed E-state index contributed by atoms with van der Waals surface area (Å²) < 4.78 is 7.31. The minimum atomic E-state index is 0.0218. The van der Waals surface area contributed by atoms with Crippen LogP contribution < -0.4 is 4.74 Å². The SMILES string of the molecule is C=CCn1c(SCC(=O)c2ccccc2OC)nnc1C1CC1. The zero-order valence-corrected chi connectivity index (χ0v) is 13.9. The van der Waals surface area contributed by atoms with Gasteiger partial charge in [0, 0.05) is 12.5 Å². The number of para-hydroxylation sites is 1. The van der Waals surface area contributed by atoms with Crippen LogP contribution in [0, 0.1) is 0 Å². The molecule has 1 aromatic carbocycles. The van der Waals surface area contributed by atoms with Gasteiger partial charge in [-0.3, -0.25) is 4.79 Å². The first-order chi connectivity index (χ1) is 11.2. The van der Waals surface area contributed by atoms with Crippen LogP contribution in [0.2, 0.25) is 0 Å². The number of thioether (sulfide) groups is 1. The van der Waals surface area contributed by atoms with Crippen LogP contribution in [0.5, 0.6) is 5.75 Å². The molecule has 0 bridgehead atoms. The van der Waals surface area contributed by atoms with Gasteiger partial charge in [-0.05, 0) is 25.0 Å². The zero-order chi connectivity index (χ0) is 16.2. The third-order valence-corrected chi connectivity index (χ3v) is 4.71. The first-order valence-corrected chi connectivity index (χ1v) is 8.56. The number of allylic oxidation sites excluding steroid dienone is 1. The first kappa shape index (κ1) is 15.8. The summed E-state index contributed by atoms with van der Waals surface area (Å²) in [7, 11) is 1.57. The second-order valence-electron chi connectivity index (χ2n) is 5.43. The molecule has 1 saturated carbocycles. The van der Waals surface area contributed by atoms with Crippen molar-refractivity contribution in [3.8, 4) is 5.75 Å². The number of hydrogen-bond acceptors (Lipinski definition) is 5. The number of nitrogens with zero attached hydrogens (tertiary/aromatic N) is 3. The van der Waals surface area contributed by atoms with E-state index in [9.17, 15) is 4.79 Å². The predicted octanol–water partition coefficient (Wildman–Crippen LogP) is 3.33. The highest BCUT2D eigenvalue weighted by molar-refractivity contribution is 7.99. The molecule has 0 amide bonds. The standard InChI is InChI=1S/C17H19N3O2S/c1-3-10-20-16(12-8-9-12)18-19-17(20)23-11-14(21)13-6-4-5-7-15(13)22-2/h3-7,12H,1,8-11H2,2H3. The number of carbonyl (C=O) groups is 1. The molecule has 1 heterocycles. The Labute approximate surface area is 139 Å². The summed E-state index contributed by atoms with van der Waals surface area (Å²) in [5.41, 5.74) is 0.597. The molecular weight excluding hydrogens is 310 g/mol. The second-order valence-corrected chi connectivity index (χ2v) is 6.37. The van der Waals surface area contributed by atoms with Crippen LogP contribution in [0.1, 0.15) is 34.9 Å². The third-order valence-electron chi connectivity index (χ3n) is 3.74. The molecule has 5 nitrogen and oxygen atoms in total. The van der Waals surface area contributed by atoms with E-state index in [1.807, 2.05) is 18.2 Å². The number of benzene rings is 1. The van der Waals surface area contributed by atoms with Crippen LogP contribution >= 0.6 is 11.8 Å². The van der Waals surface area contributed by atoms with Gasteiger partial charge < -0.3 is 9.30 Å². The Kier molecular flexibility index (Phi) is 4.81. The second kappa shape index (κ2) is 7.00. The van der Waals surface area contributed by atoms with Crippen molar-refractivity contribution in [2.75, 3.05) is 12.9 Å². The Morgan fingerprint density at radius 1 is 1.43 bits per heavy atom. The average molecular weight is 329 g/mol. The van der Waals surface area contributed by atoms with Gasteiger partial charge >= 0.3 is 0 Å². The highest BCUT2D eigenvalue weighted by atomic mass is 32.2. The Morgan fingerprint density at radius 3 is 2.91 bits per heavy atom. The summed E-state index contributed by atoms with van der Waals surface area (Å²) >= 11 is 1.41. The molecule has 0 saturated heterocycles. The summed E-state index contributed by atoms with van der Waals surface area (Å²) in [4.78, 5) is 12.4. The smallest absolute Gasteiger partial charge is 0.191 e. The van der Waals surface area contributed by atoms with E-state index in [0.717, 1.165) is 11.0 Å².